The fourth-order valence-corrected chi connectivity index (χ4v) is 1.61. The topological polar surface area (TPSA) is 54.9 Å². The predicted molar refractivity (Wildman–Crippen MR) is 84.8 cm³/mol. The molecular weight excluding hydrogens is 345 g/mol. The molecule has 0 aromatic rings. The molecule has 0 fully saturated rings. The van der Waals surface area contributed by atoms with Crippen LogP contribution in [-0.2, 0) is 9.47 Å². The zero-order chi connectivity index (χ0) is 12.3. The molecule has 1 aliphatic carbocycles. The van der Waals surface area contributed by atoms with E-state index in [-0.39, 0.29) is 24.0 Å². The molecule has 0 spiro atoms. The van der Waals surface area contributed by atoms with Crippen molar-refractivity contribution in [2.24, 2.45) is 4.99 Å². The van der Waals surface area contributed by atoms with Crippen LogP contribution in [-0.4, -0.2) is 52.5 Å². The highest BCUT2D eigenvalue weighted by Crippen LogP contribution is 2.08. The Kier molecular flexibility index (Phi) is 11.5. The highest BCUT2D eigenvalue weighted by atomic mass is 127. The zero-order valence-corrected chi connectivity index (χ0v) is 13.5. The molecule has 0 radical (unpaired) electrons. The van der Waals surface area contributed by atoms with Gasteiger partial charge in [-0.1, -0.05) is 12.2 Å². The molecular formula is C12H24IN3O2. The summed E-state index contributed by atoms with van der Waals surface area (Å²) in [5.41, 5.74) is 0. The van der Waals surface area contributed by atoms with Gasteiger partial charge in [-0.15, -0.1) is 24.0 Å². The van der Waals surface area contributed by atoms with Crippen molar-refractivity contribution in [2.75, 3.05) is 40.5 Å². The fraction of sp³-hybridized carbons (Fsp3) is 0.750. The molecule has 2 N–H and O–H groups in total. The maximum atomic E-state index is 5.36. The molecule has 1 aliphatic rings. The van der Waals surface area contributed by atoms with Crippen LogP contribution >= 0.6 is 24.0 Å². The maximum absolute atomic E-state index is 5.36. The van der Waals surface area contributed by atoms with Gasteiger partial charge in [-0.3, -0.25) is 4.99 Å². The van der Waals surface area contributed by atoms with E-state index in [4.69, 9.17) is 9.47 Å². The van der Waals surface area contributed by atoms with Crippen LogP contribution in [0.5, 0.6) is 0 Å². The Morgan fingerprint density at radius 3 is 2.61 bits per heavy atom. The lowest BCUT2D eigenvalue weighted by Crippen LogP contribution is -2.43. The van der Waals surface area contributed by atoms with Crippen molar-refractivity contribution in [1.82, 2.24) is 10.6 Å². The SMILES string of the molecule is CN=C(NCCOCCOC)NC1CC=CC1.I. The normalized spacial score (nSPS) is 15.6. The van der Waals surface area contributed by atoms with Gasteiger partial charge in [-0.25, -0.2) is 0 Å². The number of rotatable bonds is 7. The Labute approximate surface area is 126 Å². The van der Waals surface area contributed by atoms with E-state index in [1.807, 2.05) is 0 Å². The largest absolute Gasteiger partial charge is 0.382 e. The maximum Gasteiger partial charge on any atom is 0.191 e. The smallest absolute Gasteiger partial charge is 0.191 e. The first-order valence-corrected chi connectivity index (χ1v) is 6.05. The van der Waals surface area contributed by atoms with Gasteiger partial charge in [0.2, 0.25) is 0 Å². The van der Waals surface area contributed by atoms with Crippen LogP contribution in [0.3, 0.4) is 0 Å². The molecule has 0 bridgehead atoms. The van der Waals surface area contributed by atoms with Crippen LogP contribution in [0.1, 0.15) is 12.8 Å². The molecule has 0 heterocycles. The van der Waals surface area contributed by atoms with Gasteiger partial charge in [0.25, 0.3) is 0 Å². The molecule has 0 amide bonds. The fourth-order valence-electron chi connectivity index (χ4n) is 1.61. The molecule has 0 atom stereocenters. The van der Waals surface area contributed by atoms with Crippen LogP contribution in [0.4, 0.5) is 0 Å². The predicted octanol–water partition coefficient (Wildman–Crippen LogP) is 1.15. The molecule has 0 saturated heterocycles. The van der Waals surface area contributed by atoms with E-state index >= 15 is 0 Å². The molecule has 0 aliphatic heterocycles. The third-order valence-corrected chi connectivity index (χ3v) is 2.54. The molecule has 106 valence electrons. The molecule has 6 heteroatoms. The van der Waals surface area contributed by atoms with Crippen molar-refractivity contribution in [2.45, 2.75) is 18.9 Å². The van der Waals surface area contributed by atoms with Crippen molar-refractivity contribution in [3.05, 3.63) is 12.2 Å². The first-order valence-electron chi connectivity index (χ1n) is 6.05. The van der Waals surface area contributed by atoms with Gasteiger partial charge in [0, 0.05) is 26.7 Å². The summed E-state index contributed by atoms with van der Waals surface area (Å²) >= 11 is 0. The van der Waals surface area contributed by atoms with E-state index in [2.05, 4.69) is 27.8 Å². The van der Waals surface area contributed by atoms with E-state index in [9.17, 15) is 0 Å². The second-order valence-corrected chi connectivity index (χ2v) is 3.89. The van der Waals surface area contributed by atoms with Gasteiger partial charge in [-0.2, -0.15) is 0 Å². The average molecular weight is 369 g/mol. The Balaban J connectivity index is 0.00000289. The third kappa shape index (κ3) is 7.88. The van der Waals surface area contributed by atoms with Crippen LogP contribution in [0.2, 0.25) is 0 Å². The molecule has 0 unspecified atom stereocenters. The highest BCUT2D eigenvalue weighted by Gasteiger charge is 2.10. The summed E-state index contributed by atoms with van der Waals surface area (Å²) in [5, 5.41) is 6.58. The van der Waals surface area contributed by atoms with Crippen molar-refractivity contribution in [3.63, 3.8) is 0 Å². The van der Waals surface area contributed by atoms with Gasteiger partial charge in [-0.05, 0) is 12.8 Å². The number of aliphatic imine (C=N–C) groups is 1. The van der Waals surface area contributed by atoms with E-state index < -0.39 is 0 Å². The van der Waals surface area contributed by atoms with Gasteiger partial charge in [0.05, 0.1) is 19.8 Å². The van der Waals surface area contributed by atoms with Gasteiger partial charge >= 0.3 is 0 Å². The van der Waals surface area contributed by atoms with E-state index in [0.717, 1.165) is 25.3 Å². The standard InChI is InChI=1S/C12H23N3O2.HI/c1-13-12(15-11-5-3-4-6-11)14-7-8-17-10-9-16-2;/h3-4,11H,5-10H2,1-2H3,(H2,13,14,15);1H. The number of nitrogens with zero attached hydrogens (tertiary/aromatic N) is 1. The average Bonchev–Trinajstić information content (AvgIpc) is 2.85. The quantitative estimate of drug-likeness (QED) is 0.233. The van der Waals surface area contributed by atoms with Gasteiger partial charge in [0.15, 0.2) is 5.96 Å². The Hall–Kier alpha value is -0.340. The highest BCUT2D eigenvalue weighted by molar-refractivity contribution is 14.0. The first-order chi connectivity index (χ1) is 8.36. The summed E-state index contributed by atoms with van der Waals surface area (Å²) in [7, 11) is 3.45. The Bertz CT molecular complexity index is 252. The van der Waals surface area contributed by atoms with E-state index in [0.29, 0.717) is 25.9 Å². The van der Waals surface area contributed by atoms with Crippen molar-refractivity contribution in [1.29, 1.82) is 0 Å². The second kappa shape index (κ2) is 11.7. The lowest BCUT2D eigenvalue weighted by molar-refractivity contribution is 0.0733. The lowest BCUT2D eigenvalue weighted by Gasteiger charge is -2.16. The molecule has 5 nitrogen and oxygen atoms in total. The number of methoxy groups -OCH3 is 1. The summed E-state index contributed by atoms with van der Waals surface area (Å²) < 4.78 is 10.2. The number of hydrogen-bond acceptors (Lipinski definition) is 3. The first kappa shape index (κ1) is 17.7. The molecule has 0 aromatic heterocycles. The number of halogens is 1. The summed E-state index contributed by atoms with van der Waals surface area (Å²) in [6.07, 6.45) is 6.54. The number of guanidine groups is 1. The number of nitrogens with one attached hydrogen (secondary N) is 2. The number of hydrogen-bond donors (Lipinski definition) is 2. The minimum absolute atomic E-state index is 0. The molecule has 1 rings (SSSR count). The van der Waals surface area contributed by atoms with Crippen LogP contribution in [0, 0.1) is 0 Å². The van der Waals surface area contributed by atoms with Crippen LogP contribution in [0.25, 0.3) is 0 Å². The molecule has 18 heavy (non-hydrogen) atoms. The minimum atomic E-state index is 0. The van der Waals surface area contributed by atoms with Gasteiger partial charge in [0.1, 0.15) is 0 Å². The van der Waals surface area contributed by atoms with Crippen molar-refractivity contribution >= 4 is 29.9 Å². The van der Waals surface area contributed by atoms with Crippen molar-refractivity contribution < 1.29 is 9.47 Å². The van der Waals surface area contributed by atoms with Crippen LogP contribution < -0.4 is 10.6 Å². The number of ether oxygens (including phenoxy) is 2. The summed E-state index contributed by atoms with van der Waals surface area (Å²) in [4.78, 5) is 4.17. The Morgan fingerprint density at radius 1 is 1.28 bits per heavy atom. The minimum Gasteiger partial charge on any atom is -0.382 e. The summed E-state index contributed by atoms with van der Waals surface area (Å²) in [5.74, 6) is 0.842. The Morgan fingerprint density at radius 2 is 2.00 bits per heavy atom. The molecule has 0 saturated carbocycles. The summed E-state index contributed by atoms with van der Waals surface area (Å²) in [6, 6.07) is 0.482. The van der Waals surface area contributed by atoms with Crippen LogP contribution in [0.15, 0.2) is 17.1 Å². The van der Waals surface area contributed by atoms with E-state index in [1.165, 1.54) is 0 Å². The zero-order valence-electron chi connectivity index (χ0n) is 11.1. The third-order valence-electron chi connectivity index (χ3n) is 2.54. The van der Waals surface area contributed by atoms with Gasteiger partial charge < -0.3 is 20.1 Å². The summed E-state index contributed by atoms with van der Waals surface area (Å²) in [6.45, 7) is 2.69. The van der Waals surface area contributed by atoms with E-state index in [1.54, 1.807) is 14.2 Å². The second-order valence-electron chi connectivity index (χ2n) is 3.89. The van der Waals surface area contributed by atoms with Crippen molar-refractivity contribution in [3.8, 4) is 0 Å². The monoisotopic (exact) mass is 369 g/mol. The molecule has 0 aromatic carbocycles. The lowest BCUT2D eigenvalue weighted by atomic mass is 10.2.